The van der Waals surface area contributed by atoms with Gasteiger partial charge in [-0.2, -0.15) is 0 Å². The summed E-state index contributed by atoms with van der Waals surface area (Å²) in [5.41, 5.74) is -0.932. The quantitative estimate of drug-likeness (QED) is 0.468. The van der Waals surface area contributed by atoms with E-state index in [9.17, 15) is 5.11 Å². The molecule has 0 radical (unpaired) electrons. The largest absolute Gasteiger partial charge is 0.388 e. The van der Waals surface area contributed by atoms with Gasteiger partial charge in [0.2, 0.25) is 0 Å². The van der Waals surface area contributed by atoms with Crippen molar-refractivity contribution in [3.8, 4) is 0 Å². The molecule has 1 rings (SSSR count). The van der Waals surface area contributed by atoms with E-state index in [1.54, 1.807) is 6.92 Å². The smallest absolute Gasteiger partial charge is 0.106 e. The molecule has 9 heavy (non-hydrogen) atoms. The number of hydrogen-bond donors (Lipinski definition) is 2. The second-order valence-electron chi connectivity index (χ2n) is 2.70. The number of rotatable bonds is 0. The second-order valence-corrected chi connectivity index (χ2v) is 2.70. The molecule has 0 amide bonds. The van der Waals surface area contributed by atoms with Crippen molar-refractivity contribution < 1.29 is 14.9 Å². The van der Waals surface area contributed by atoms with Crippen LogP contribution in [0.25, 0.3) is 0 Å². The van der Waals surface area contributed by atoms with Crippen molar-refractivity contribution in [2.45, 2.75) is 25.0 Å². The first-order valence-corrected chi connectivity index (χ1v) is 3.11. The van der Waals surface area contributed by atoms with Crippen LogP contribution < -0.4 is 0 Å². The lowest BCUT2D eigenvalue weighted by molar-refractivity contribution is -0.142. The number of ether oxygens (including phenoxy) is 1. The molecule has 3 nitrogen and oxygen atoms in total. The highest BCUT2D eigenvalue weighted by atomic mass is 16.5. The Morgan fingerprint density at radius 2 is 2.33 bits per heavy atom. The maximum Gasteiger partial charge on any atom is 0.106 e. The predicted molar refractivity (Wildman–Crippen MR) is 32.1 cm³/mol. The minimum absolute atomic E-state index is 0.257. The lowest BCUT2D eigenvalue weighted by Crippen LogP contribution is -2.46. The van der Waals surface area contributed by atoms with Crippen molar-refractivity contribution in [1.29, 1.82) is 0 Å². The van der Waals surface area contributed by atoms with E-state index in [0.717, 1.165) is 0 Å². The van der Waals surface area contributed by atoms with Crippen molar-refractivity contribution in [3.63, 3.8) is 0 Å². The maximum atomic E-state index is 9.31. The zero-order chi connectivity index (χ0) is 6.91. The van der Waals surface area contributed by atoms with E-state index in [1.165, 1.54) is 0 Å². The van der Waals surface area contributed by atoms with Gasteiger partial charge in [-0.15, -0.1) is 0 Å². The van der Waals surface area contributed by atoms with Crippen molar-refractivity contribution in [2.24, 2.45) is 0 Å². The Balaban J connectivity index is 2.49. The molecular formula is C6H12O3. The Kier molecular flexibility index (Phi) is 1.75. The van der Waals surface area contributed by atoms with Crippen LogP contribution in [0.15, 0.2) is 0 Å². The Hall–Kier alpha value is -0.120. The topological polar surface area (TPSA) is 49.7 Å². The maximum absolute atomic E-state index is 9.31. The molecule has 0 spiro atoms. The molecule has 0 aromatic carbocycles. The SMILES string of the molecule is CC1(O)CCOCC1O. The van der Waals surface area contributed by atoms with E-state index in [1.807, 2.05) is 0 Å². The molecule has 2 atom stereocenters. The highest BCUT2D eigenvalue weighted by molar-refractivity contribution is 4.84. The molecule has 3 heteroatoms. The third kappa shape index (κ3) is 1.41. The first kappa shape index (κ1) is 6.99. The fraction of sp³-hybridized carbons (Fsp3) is 1.00. The van der Waals surface area contributed by atoms with E-state index in [-0.39, 0.29) is 6.61 Å². The standard InChI is InChI=1S/C6H12O3/c1-6(8)2-3-9-4-5(6)7/h5,7-8H,2-4H2,1H3. The summed E-state index contributed by atoms with van der Waals surface area (Å²) in [5, 5.41) is 18.4. The van der Waals surface area contributed by atoms with Crippen molar-refractivity contribution in [1.82, 2.24) is 0 Å². The van der Waals surface area contributed by atoms with Gasteiger partial charge in [0.25, 0.3) is 0 Å². The minimum atomic E-state index is -0.932. The van der Waals surface area contributed by atoms with Crippen LogP contribution in [0.5, 0.6) is 0 Å². The molecule has 0 aliphatic carbocycles. The average molecular weight is 132 g/mol. The summed E-state index contributed by atoms with van der Waals surface area (Å²) in [7, 11) is 0. The first-order valence-electron chi connectivity index (χ1n) is 3.11. The molecule has 2 N–H and O–H groups in total. The van der Waals surface area contributed by atoms with Crippen molar-refractivity contribution in [3.05, 3.63) is 0 Å². The predicted octanol–water partition coefficient (Wildman–Crippen LogP) is -0.481. The summed E-state index contributed by atoms with van der Waals surface area (Å²) < 4.78 is 4.91. The first-order chi connectivity index (χ1) is 4.13. The van der Waals surface area contributed by atoms with Gasteiger partial charge in [-0.05, 0) is 6.92 Å². The average Bonchev–Trinajstić information content (AvgIpc) is 1.77. The summed E-state index contributed by atoms with van der Waals surface area (Å²) in [6, 6.07) is 0. The van der Waals surface area contributed by atoms with Crippen LogP contribution in [0.2, 0.25) is 0 Å². The van der Waals surface area contributed by atoms with Crippen molar-refractivity contribution in [2.75, 3.05) is 13.2 Å². The Morgan fingerprint density at radius 1 is 1.67 bits per heavy atom. The van der Waals surface area contributed by atoms with E-state index in [4.69, 9.17) is 9.84 Å². The van der Waals surface area contributed by atoms with Crippen LogP contribution in [0.4, 0.5) is 0 Å². The van der Waals surface area contributed by atoms with Crippen LogP contribution in [-0.2, 0) is 4.74 Å². The van der Waals surface area contributed by atoms with Crippen LogP contribution in [0, 0.1) is 0 Å². The second kappa shape index (κ2) is 2.25. The molecule has 1 fully saturated rings. The van der Waals surface area contributed by atoms with E-state index in [0.29, 0.717) is 13.0 Å². The molecule has 0 saturated carbocycles. The molecule has 2 unspecified atom stereocenters. The van der Waals surface area contributed by atoms with Gasteiger partial charge in [0.05, 0.1) is 12.2 Å². The summed E-state index contributed by atoms with van der Waals surface area (Å²) in [4.78, 5) is 0. The molecule has 1 aliphatic rings. The Labute approximate surface area is 54.3 Å². The normalized spacial score (nSPS) is 45.0. The molecule has 54 valence electrons. The molecule has 0 aromatic heterocycles. The molecule has 0 bridgehead atoms. The highest BCUT2D eigenvalue weighted by Gasteiger charge is 2.33. The molecule has 1 aliphatic heterocycles. The lowest BCUT2D eigenvalue weighted by atomic mass is 9.94. The zero-order valence-electron chi connectivity index (χ0n) is 5.50. The Morgan fingerprint density at radius 3 is 2.67 bits per heavy atom. The summed E-state index contributed by atoms with van der Waals surface area (Å²) in [5.74, 6) is 0. The highest BCUT2D eigenvalue weighted by Crippen LogP contribution is 2.19. The van der Waals surface area contributed by atoms with Crippen LogP contribution in [-0.4, -0.2) is 35.1 Å². The molecular weight excluding hydrogens is 120 g/mol. The number of aliphatic hydroxyl groups is 2. The van der Waals surface area contributed by atoms with Crippen LogP contribution >= 0.6 is 0 Å². The fourth-order valence-corrected chi connectivity index (χ4v) is 0.820. The van der Waals surface area contributed by atoms with Crippen LogP contribution in [0.3, 0.4) is 0 Å². The van der Waals surface area contributed by atoms with E-state index < -0.39 is 11.7 Å². The Bertz CT molecular complexity index is 100. The fourth-order valence-electron chi connectivity index (χ4n) is 0.820. The van der Waals surface area contributed by atoms with Gasteiger partial charge >= 0.3 is 0 Å². The third-order valence-electron chi connectivity index (χ3n) is 1.75. The van der Waals surface area contributed by atoms with Gasteiger partial charge in [0.1, 0.15) is 6.10 Å². The summed E-state index contributed by atoms with van der Waals surface area (Å²) >= 11 is 0. The summed E-state index contributed by atoms with van der Waals surface area (Å²) in [6.45, 7) is 2.43. The summed E-state index contributed by atoms with van der Waals surface area (Å²) in [6.07, 6.45) is -0.194. The molecule has 1 saturated heterocycles. The zero-order valence-corrected chi connectivity index (χ0v) is 5.50. The van der Waals surface area contributed by atoms with Gasteiger partial charge in [0.15, 0.2) is 0 Å². The van der Waals surface area contributed by atoms with Gasteiger partial charge in [-0.25, -0.2) is 0 Å². The van der Waals surface area contributed by atoms with E-state index in [2.05, 4.69) is 0 Å². The van der Waals surface area contributed by atoms with E-state index >= 15 is 0 Å². The minimum Gasteiger partial charge on any atom is -0.388 e. The lowest BCUT2D eigenvalue weighted by Gasteiger charge is -2.32. The monoisotopic (exact) mass is 132 g/mol. The van der Waals surface area contributed by atoms with Crippen molar-refractivity contribution >= 4 is 0 Å². The molecule has 0 aromatic rings. The van der Waals surface area contributed by atoms with Gasteiger partial charge in [-0.1, -0.05) is 0 Å². The third-order valence-corrected chi connectivity index (χ3v) is 1.75. The number of aliphatic hydroxyl groups excluding tert-OH is 1. The van der Waals surface area contributed by atoms with Gasteiger partial charge < -0.3 is 14.9 Å². The van der Waals surface area contributed by atoms with Gasteiger partial charge in [-0.3, -0.25) is 0 Å². The number of hydrogen-bond acceptors (Lipinski definition) is 3. The molecule has 1 heterocycles. The van der Waals surface area contributed by atoms with Gasteiger partial charge in [0, 0.05) is 13.0 Å². The van der Waals surface area contributed by atoms with Crippen LogP contribution in [0.1, 0.15) is 13.3 Å².